The molecule has 0 amide bonds. The van der Waals surface area contributed by atoms with Gasteiger partial charge in [-0.15, -0.1) is 11.3 Å². The summed E-state index contributed by atoms with van der Waals surface area (Å²) in [6.45, 7) is 3.99. The Bertz CT molecular complexity index is 572. The van der Waals surface area contributed by atoms with Crippen molar-refractivity contribution in [2.45, 2.75) is 30.3 Å². The Morgan fingerprint density at radius 3 is 2.58 bits per heavy atom. The number of aromatic carboxylic acids is 1. The van der Waals surface area contributed by atoms with Crippen LogP contribution in [0.15, 0.2) is 9.72 Å². The zero-order valence-corrected chi connectivity index (χ0v) is 12.1. The van der Waals surface area contributed by atoms with Gasteiger partial charge in [0.15, 0.2) is 9.90 Å². The van der Waals surface area contributed by atoms with Gasteiger partial charge in [-0.3, -0.25) is 0 Å². The smallest absolute Gasteiger partial charge is 0.356 e. The largest absolute Gasteiger partial charge is 0.476 e. The van der Waals surface area contributed by atoms with E-state index in [-0.39, 0.29) is 29.5 Å². The average Bonchev–Trinajstić information content (AvgIpc) is 2.76. The molecule has 0 unspecified atom stereocenters. The lowest BCUT2D eigenvalue weighted by Crippen LogP contribution is -2.48. The van der Waals surface area contributed by atoms with E-state index in [1.807, 2.05) is 0 Å². The van der Waals surface area contributed by atoms with Crippen molar-refractivity contribution in [2.75, 3.05) is 13.1 Å². The van der Waals surface area contributed by atoms with Crippen LogP contribution in [0.1, 0.15) is 24.3 Å². The molecule has 1 aromatic heterocycles. The van der Waals surface area contributed by atoms with Crippen molar-refractivity contribution in [1.82, 2.24) is 9.29 Å². The van der Waals surface area contributed by atoms with Crippen LogP contribution in [-0.4, -0.2) is 54.1 Å². The standard InChI is InChI=1S/C10H14N2O5S2/c1-6-3-12(4-7(2)17-6)19(15,16)10-8(9(13)14)11-5-18-10/h5-7H,3-4H2,1-2H3,(H,13,14)/t6-,7+. The van der Waals surface area contributed by atoms with Crippen LogP contribution in [0.4, 0.5) is 0 Å². The summed E-state index contributed by atoms with van der Waals surface area (Å²) in [4.78, 5) is 14.6. The van der Waals surface area contributed by atoms with E-state index in [1.165, 1.54) is 9.82 Å². The minimum atomic E-state index is -3.83. The second kappa shape index (κ2) is 5.16. The van der Waals surface area contributed by atoms with Crippen LogP contribution in [0.25, 0.3) is 0 Å². The molecule has 1 N–H and O–H groups in total. The molecule has 1 aliphatic rings. The molecule has 0 aromatic carbocycles. The molecular weight excluding hydrogens is 292 g/mol. The minimum Gasteiger partial charge on any atom is -0.476 e. The summed E-state index contributed by atoms with van der Waals surface area (Å²) in [5, 5.41) is 8.96. The molecule has 19 heavy (non-hydrogen) atoms. The monoisotopic (exact) mass is 306 g/mol. The fraction of sp³-hybridized carbons (Fsp3) is 0.600. The maximum atomic E-state index is 12.4. The van der Waals surface area contributed by atoms with E-state index >= 15 is 0 Å². The molecule has 1 fully saturated rings. The Balaban J connectivity index is 2.37. The van der Waals surface area contributed by atoms with E-state index in [0.29, 0.717) is 0 Å². The lowest BCUT2D eigenvalue weighted by molar-refractivity contribution is -0.0440. The van der Waals surface area contributed by atoms with Crippen LogP contribution in [0.3, 0.4) is 0 Å². The Morgan fingerprint density at radius 2 is 2.05 bits per heavy atom. The van der Waals surface area contributed by atoms with Gasteiger partial charge in [0.25, 0.3) is 10.0 Å². The molecule has 0 radical (unpaired) electrons. The highest BCUT2D eigenvalue weighted by Gasteiger charge is 2.36. The number of sulfonamides is 1. The molecule has 106 valence electrons. The molecule has 7 nitrogen and oxygen atoms in total. The summed E-state index contributed by atoms with van der Waals surface area (Å²) < 4.78 is 31.4. The maximum absolute atomic E-state index is 12.4. The molecule has 0 spiro atoms. The molecular formula is C10H14N2O5S2. The number of morpholine rings is 1. The Hall–Kier alpha value is -1.03. The minimum absolute atomic E-state index is 0.212. The number of carboxylic acid groups (broad SMARTS) is 1. The van der Waals surface area contributed by atoms with Gasteiger partial charge >= 0.3 is 5.97 Å². The summed E-state index contributed by atoms with van der Waals surface area (Å²) in [6.07, 6.45) is -0.445. The molecule has 0 bridgehead atoms. The third kappa shape index (κ3) is 2.78. The van der Waals surface area contributed by atoms with Crippen molar-refractivity contribution < 1.29 is 23.1 Å². The number of hydrogen-bond donors (Lipinski definition) is 1. The van der Waals surface area contributed by atoms with E-state index in [4.69, 9.17) is 9.84 Å². The van der Waals surface area contributed by atoms with Gasteiger partial charge in [-0.25, -0.2) is 18.2 Å². The number of ether oxygens (including phenoxy) is 1. The average molecular weight is 306 g/mol. The molecule has 0 saturated carbocycles. The van der Waals surface area contributed by atoms with Gasteiger partial charge in [-0.1, -0.05) is 0 Å². The second-order valence-corrected chi connectivity index (χ2v) is 7.36. The first-order chi connectivity index (χ1) is 8.82. The predicted octanol–water partition coefficient (Wildman–Crippen LogP) is 0.639. The van der Waals surface area contributed by atoms with Crippen molar-refractivity contribution in [3.8, 4) is 0 Å². The van der Waals surface area contributed by atoms with E-state index in [9.17, 15) is 13.2 Å². The summed E-state index contributed by atoms with van der Waals surface area (Å²) >= 11 is 0.819. The fourth-order valence-corrected chi connectivity index (χ4v) is 4.87. The molecule has 0 aliphatic carbocycles. The van der Waals surface area contributed by atoms with Crippen molar-refractivity contribution in [1.29, 1.82) is 0 Å². The summed E-state index contributed by atoms with van der Waals surface area (Å²) in [5.41, 5.74) is 0.806. The third-order valence-electron chi connectivity index (χ3n) is 2.70. The Kier molecular flexibility index (Phi) is 3.90. The molecule has 1 saturated heterocycles. The number of rotatable bonds is 3. The van der Waals surface area contributed by atoms with Crippen molar-refractivity contribution in [3.05, 3.63) is 11.2 Å². The number of aromatic nitrogens is 1. The van der Waals surface area contributed by atoms with E-state index in [0.717, 1.165) is 11.3 Å². The van der Waals surface area contributed by atoms with Crippen LogP contribution < -0.4 is 0 Å². The zero-order valence-electron chi connectivity index (χ0n) is 10.4. The predicted molar refractivity (Wildman–Crippen MR) is 67.8 cm³/mol. The van der Waals surface area contributed by atoms with Crippen LogP contribution in [0.2, 0.25) is 0 Å². The first-order valence-electron chi connectivity index (χ1n) is 5.64. The summed E-state index contributed by atoms with van der Waals surface area (Å²) in [5.74, 6) is -1.34. The van der Waals surface area contributed by atoms with Gasteiger partial charge in [0.2, 0.25) is 0 Å². The molecule has 2 heterocycles. The van der Waals surface area contributed by atoms with Crippen molar-refractivity contribution >= 4 is 27.3 Å². The first kappa shape index (κ1) is 14.4. The fourth-order valence-electron chi connectivity index (χ4n) is 2.01. The molecule has 1 aromatic rings. The summed E-state index contributed by atoms with van der Waals surface area (Å²) in [7, 11) is -3.83. The molecule has 1 aliphatic heterocycles. The van der Waals surface area contributed by atoms with Gasteiger partial charge in [-0.05, 0) is 13.8 Å². The summed E-state index contributed by atoms with van der Waals surface area (Å²) in [6, 6.07) is 0. The number of thiazole rings is 1. The quantitative estimate of drug-likeness (QED) is 0.880. The van der Waals surface area contributed by atoms with E-state index < -0.39 is 21.7 Å². The highest BCUT2D eigenvalue weighted by molar-refractivity contribution is 7.91. The van der Waals surface area contributed by atoms with E-state index in [1.54, 1.807) is 13.8 Å². The van der Waals surface area contributed by atoms with Gasteiger partial charge < -0.3 is 9.84 Å². The van der Waals surface area contributed by atoms with Crippen molar-refractivity contribution in [3.63, 3.8) is 0 Å². The topological polar surface area (TPSA) is 96.8 Å². The highest BCUT2D eigenvalue weighted by atomic mass is 32.2. The van der Waals surface area contributed by atoms with Gasteiger partial charge in [0.1, 0.15) is 0 Å². The third-order valence-corrected chi connectivity index (χ3v) is 5.88. The second-order valence-electron chi connectivity index (χ2n) is 4.37. The number of nitrogens with zero attached hydrogens (tertiary/aromatic N) is 2. The van der Waals surface area contributed by atoms with Crippen LogP contribution in [0, 0.1) is 0 Å². The van der Waals surface area contributed by atoms with Crippen LogP contribution in [0.5, 0.6) is 0 Å². The van der Waals surface area contributed by atoms with Gasteiger partial charge in [-0.2, -0.15) is 4.31 Å². The molecule has 9 heteroatoms. The molecule has 2 rings (SSSR count). The van der Waals surface area contributed by atoms with Crippen molar-refractivity contribution in [2.24, 2.45) is 0 Å². The Morgan fingerprint density at radius 1 is 1.47 bits per heavy atom. The van der Waals surface area contributed by atoms with E-state index in [2.05, 4.69) is 4.98 Å². The highest BCUT2D eigenvalue weighted by Crippen LogP contribution is 2.26. The van der Waals surface area contributed by atoms with Crippen LogP contribution in [-0.2, 0) is 14.8 Å². The lowest BCUT2D eigenvalue weighted by Gasteiger charge is -2.34. The molecule has 2 atom stereocenters. The SMILES string of the molecule is C[C@@H]1CN(S(=O)(=O)c2scnc2C(=O)O)C[C@H](C)O1. The van der Waals surface area contributed by atoms with Gasteiger partial charge in [0, 0.05) is 13.1 Å². The first-order valence-corrected chi connectivity index (χ1v) is 7.96. The lowest BCUT2D eigenvalue weighted by atomic mass is 10.3. The maximum Gasteiger partial charge on any atom is 0.356 e. The number of carbonyl (C=O) groups is 1. The zero-order chi connectivity index (χ0) is 14.2. The number of hydrogen-bond acceptors (Lipinski definition) is 6. The normalized spacial score (nSPS) is 25.4. The Labute approximate surface area is 114 Å². The van der Waals surface area contributed by atoms with Crippen LogP contribution >= 0.6 is 11.3 Å². The number of carboxylic acids is 1. The van der Waals surface area contributed by atoms with Gasteiger partial charge in [0.05, 0.1) is 17.7 Å².